The Bertz CT molecular complexity index is 422. The van der Waals surface area contributed by atoms with Gasteiger partial charge >= 0.3 is 0 Å². The van der Waals surface area contributed by atoms with Crippen molar-refractivity contribution in [2.24, 2.45) is 11.3 Å². The van der Waals surface area contributed by atoms with Gasteiger partial charge < -0.3 is 5.11 Å². The van der Waals surface area contributed by atoms with Crippen LogP contribution in [-0.2, 0) is 0 Å². The van der Waals surface area contributed by atoms with Gasteiger partial charge in [-0.05, 0) is 36.8 Å². The third-order valence-electron chi connectivity index (χ3n) is 4.57. The minimum atomic E-state index is 0.355. The van der Waals surface area contributed by atoms with Crippen molar-refractivity contribution in [1.29, 1.82) is 0 Å². The van der Waals surface area contributed by atoms with Crippen LogP contribution in [0.5, 0.6) is 5.75 Å². The Morgan fingerprint density at radius 1 is 1.32 bits per heavy atom. The van der Waals surface area contributed by atoms with E-state index < -0.39 is 0 Å². The average molecular weight is 261 g/mol. The summed E-state index contributed by atoms with van der Waals surface area (Å²) in [6, 6.07) is 8.14. The molecular formula is C17H27NO. The van der Waals surface area contributed by atoms with Crippen LogP contribution in [0.3, 0.4) is 0 Å². The molecule has 1 aromatic carbocycles. The normalized spacial score (nSPS) is 22.6. The summed E-state index contributed by atoms with van der Waals surface area (Å²) >= 11 is 0. The van der Waals surface area contributed by atoms with Crippen molar-refractivity contribution in [1.82, 2.24) is 4.90 Å². The van der Waals surface area contributed by atoms with Crippen molar-refractivity contribution >= 4 is 0 Å². The Morgan fingerprint density at radius 2 is 2.00 bits per heavy atom. The van der Waals surface area contributed by atoms with Gasteiger partial charge in [-0.3, -0.25) is 4.90 Å². The second kappa shape index (κ2) is 5.54. The molecule has 106 valence electrons. The summed E-state index contributed by atoms with van der Waals surface area (Å²) in [4.78, 5) is 2.55. The molecule has 0 aliphatic carbocycles. The van der Waals surface area contributed by atoms with E-state index in [9.17, 15) is 5.11 Å². The molecule has 2 heteroatoms. The highest BCUT2D eigenvalue weighted by molar-refractivity contribution is 5.34. The average Bonchev–Trinajstić information content (AvgIpc) is 2.82. The lowest BCUT2D eigenvalue weighted by molar-refractivity contribution is 0.189. The first-order valence-electron chi connectivity index (χ1n) is 7.45. The fourth-order valence-corrected chi connectivity index (χ4v) is 3.22. The fraction of sp³-hybridized carbons (Fsp3) is 0.647. The van der Waals surface area contributed by atoms with Crippen molar-refractivity contribution in [3.63, 3.8) is 0 Å². The summed E-state index contributed by atoms with van der Waals surface area (Å²) in [5.41, 5.74) is 1.46. The predicted molar refractivity (Wildman–Crippen MR) is 80.3 cm³/mol. The van der Waals surface area contributed by atoms with Crippen LogP contribution >= 0.6 is 0 Å². The lowest BCUT2D eigenvalue weighted by Crippen LogP contribution is -2.29. The third-order valence-corrected chi connectivity index (χ3v) is 4.57. The van der Waals surface area contributed by atoms with Crippen LogP contribution in [0.4, 0.5) is 0 Å². The predicted octanol–water partition coefficient (Wildman–Crippen LogP) is 4.21. The van der Waals surface area contributed by atoms with Gasteiger partial charge in [0.15, 0.2) is 0 Å². The summed E-state index contributed by atoms with van der Waals surface area (Å²) < 4.78 is 0. The molecule has 2 atom stereocenters. The summed E-state index contributed by atoms with van der Waals surface area (Å²) in [6.07, 6.45) is 2.32. The largest absolute Gasteiger partial charge is 0.508 e. The Labute approximate surface area is 117 Å². The van der Waals surface area contributed by atoms with Gasteiger partial charge in [-0.15, -0.1) is 0 Å². The fourth-order valence-electron chi connectivity index (χ4n) is 3.22. The van der Waals surface area contributed by atoms with Crippen molar-refractivity contribution < 1.29 is 5.11 Å². The smallest absolute Gasteiger partial charge is 0.120 e. The molecule has 1 saturated heterocycles. The zero-order valence-corrected chi connectivity index (χ0v) is 12.7. The summed E-state index contributed by atoms with van der Waals surface area (Å²) in [5.74, 6) is 1.20. The SMILES string of the molecule is CCC(c1ccccc1O)N1CCC(C(C)(C)C)C1. The van der Waals surface area contributed by atoms with Crippen LogP contribution in [0.25, 0.3) is 0 Å². The molecule has 1 aliphatic rings. The Balaban J connectivity index is 2.15. The van der Waals surface area contributed by atoms with E-state index in [2.05, 4.69) is 38.7 Å². The van der Waals surface area contributed by atoms with Crippen molar-refractivity contribution in [3.05, 3.63) is 29.8 Å². The zero-order valence-electron chi connectivity index (χ0n) is 12.7. The van der Waals surface area contributed by atoms with E-state index in [1.54, 1.807) is 6.07 Å². The number of likely N-dealkylation sites (tertiary alicyclic amines) is 1. The van der Waals surface area contributed by atoms with E-state index >= 15 is 0 Å². The number of benzene rings is 1. The molecule has 2 nitrogen and oxygen atoms in total. The van der Waals surface area contributed by atoms with Gasteiger partial charge in [-0.1, -0.05) is 45.9 Å². The number of hydrogen-bond donors (Lipinski definition) is 1. The first-order valence-corrected chi connectivity index (χ1v) is 7.45. The number of para-hydroxylation sites is 1. The molecule has 0 saturated carbocycles. The van der Waals surface area contributed by atoms with Crippen LogP contribution in [0.2, 0.25) is 0 Å². The van der Waals surface area contributed by atoms with Crippen molar-refractivity contribution in [2.45, 2.75) is 46.6 Å². The Morgan fingerprint density at radius 3 is 2.53 bits per heavy atom. The second-order valence-corrected chi connectivity index (χ2v) is 6.83. The van der Waals surface area contributed by atoms with Crippen LogP contribution < -0.4 is 0 Å². The molecule has 0 bridgehead atoms. The van der Waals surface area contributed by atoms with Gasteiger partial charge in [0.05, 0.1) is 0 Å². The highest BCUT2D eigenvalue weighted by atomic mass is 16.3. The lowest BCUT2D eigenvalue weighted by atomic mass is 9.80. The topological polar surface area (TPSA) is 23.5 Å². The van der Waals surface area contributed by atoms with Gasteiger partial charge in [0.2, 0.25) is 0 Å². The first-order chi connectivity index (χ1) is 8.93. The monoisotopic (exact) mass is 261 g/mol. The molecule has 2 unspecified atom stereocenters. The molecule has 0 aromatic heterocycles. The molecule has 1 aromatic rings. The highest BCUT2D eigenvalue weighted by Gasteiger charge is 2.35. The van der Waals surface area contributed by atoms with E-state index in [4.69, 9.17) is 0 Å². The molecule has 1 N–H and O–H groups in total. The molecule has 19 heavy (non-hydrogen) atoms. The minimum Gasteiger partial charge on any atom is -0.508 e. The van der Waals surface area contributed by atoms with Gasteiger partial charge in [-0.25, -0.2) is 0 Å². The Kier molecular flexibility index (Phi) is 4.19. The van der Waals surface area contributed by atoms with E-state index in [1.165, 1.54) is 6.42 Å². The minimum absolute atomic E-state index is 0.355. The number of hydrogen-bond acceptors (Lipinski definition) is 2. The number of aromatic hydroxyl groups is 1. The van der Waals surface area contributed by atoms with Crippen molar-refractivity contribution in [2.75, 3.05) is 13.1 Å². The molecule has 1 fully saturated rings. The zero-order chi connectivity index (χ0) is 14.0. The van der Waals surface area contributed by atoms with Gasteiger partial charge in [0.1, 0.15) is 5.75 Å². The lowest BCUT2D eigenvalue weighted by Gasteiger charge is -2.31. The van der Waals surface area contributed by atoms with Crippen LogP contribution in [0, 0.1) is 11.3 Å². The maximum Gasteiger partial charge on any atom is 0.120 e. The molecule has 1 heterocycles. The highest BCUT2D eigenvalue weighted by Crippen LogP contribution is 2.39. The molecule has 2 rings (SSSR count). The van der Waals surface area contributed by atoms with Crippen LogP contribution in [0.15, 0.2) is 24.3 Å². The number of phenolic OH excluding ortho intramolecular Hbond substituents is 1. The molecule has 1 aliphatic heterocycles. The number of nitrogens with zero attached hydrogens (tertiary/aromatic N) is 1. The molecule has 0 spiro atoms. The summed E-state index contributed by atoms with van der Waals surface area (Å²) in [7, 11) is 0. The molecule has 0 amide bonds. The molecular weight excluding hydrogens is 234 g/mol. The van der Waals surface area contributed by atoms with Crippen LogP contribution in [-0.4, -0.2) is 23.1 Å². The van der Waals surface area contributed by atoms with E-state index in [0.717, 1.165) is 31.0 Å². The number of rotatable bonds is 3. The van der Waals surface area contributed by atoms with E-state index in [1.807, 2.05) is 12.1 Å². The van der Waals surface area contributed by atoms with E-state index in [0.29, 0.717) is 17.2 Å². The number of phenols is 1. The third kappa shape index (κ3) is 3.11. The standard InChI is InChI=1S/C17H27NO/c1-5-15(14-8-6-7-9-16(14)19)18-11-10-13(12-18)17(2,3)4/h6-9,13,15,19H,5,10-12H2,1-4H3. The van der Waals surface area contributed by atoms with Gasteiger partial charge in [0, 0.05) is 18.2 Å². The quantitative estimate of drug-likeness (QED) is 0.881. The maximum absolute atomic E-state index is 10.1. The van der Waals surface area contributed by atoms with Gasteiger partial charge in [-0.2, -0.15) is 0 Å². The first kappa shape index (κ1) is 14.4. The molecule has 0 radical (unpaired) electrons. The van der Waals surface area contributed by atoms with Crippen molar-refractivity contribution in [3.8, 4) is 5.75 Å². The Hall–Kier alpha value is -1.02. The summed E-state index contributed by atoms with van der Waals surface area (Å²) in [5, 5.41) is 10.1. The maximum atomic E-state index is 10.1. The second-order valence-electron chi connectivity index (χ2n) is 6.83. The van der Waals surface area contributed by atoms with Crippen LogP contribution in [0.1, 0.15) is 52.1 Å². The summed E-state index contributed by atoms with van der Waals surface area (Å²) in [6.45, 7) is 11.5. The van der Waals surface area contributed by atoms with Gasteiger partial charge in [0.25, 0.3) is 0 Å². The van der Waals surface area contributed by atoms with E-state index in [-0.39, 0.29) is 0 Å².